The molecular formula is C7H3Br2KNO. The summed E-state index contributed by atoms with van der Waals surface area (Å²) in [6, 6.07) is 5.08. The standard InChI is InChI=1S/C7H3Br2NO.K/c8-5-1-4(3-10)2-6(9)7(5)11;/h1-2,11H;. The van der Waals surface area contributed by atoms with Crippen LogP contribution in [0.15, 0.2) is 21.1 Å². The fraction of sp³-hybridized carbons (Fsp3) is 0. The summed E-state index contributed by atoms with van der Waals surface area (Å²) >= 11 is 6.21. The first kappa shape index (κ1) is 13.1. The molecule has 0 unspecified atom stereocenters. The fourth-order valence-electron chi connectivity index (χ4n) is 0.630. The number of hydrogen-bond acceptors (Lipinski definition) is 2. The molecule has 0 amide bonds. The van der Waals surface area contributed by atoms with Crippen molar-refractivity contribution in [1.29, 1.82) is 5.26 Å². The molecule has 1 aromatic carbocycles. The molecule has 5 heteroatoms. The molecule has 0 heterocycles. The van der Waals surface area contributed by atoms with Gasteiger partial charge in [-0.1, -0.05) is 0 Å². The van der Waals surface area contributed by atoms with Crippen LogP contribution in [0.3, 0.4) is 0 Å². The Morgan fingerprint density at radius 2 is 1.67 bits per heavy atom. The van der Waals surface area contributed by atoms with Gasteiger partial charge in [0.05, 0.1) is 20.6 Å². The van der Waals surface area contributed by atoms with Gasteiger partial charge >= 0.3 is 0 Å². The normalized spacial score (nSPS) is 8.42. The third-order valence-electron chi connectivity index (χ3n) is 1.15. The molecule has 0 atom stereocenters. The summed E-state index contributed by atoms with van der Waals surface area (Å²) in [4.78, 5) is 0. The third-order valence-corrected chi connectivity index (χ3v) is 2.35. The third kappa shape index (κ3) is 3.11. The van der Waals surface area contributed by atoms with Crippen LogP contribution in [0, 0.1) is 11.3 Å². The second-order valence-corrected chi connectivity index (χ2v) is 3.61. The number of nitriles is 1. The Labute approximate surface area is 130 Å². The van der Waals surface area contributed by atoms with Crippen LogP contribution in [0.1, 0.15) is 5.56 Å². The van der Waals surface area contributed by atoms with Crippen molar-refractivity contribution in [2.45, 2.75) is 0 Å². The molecule has 0 aliphatic carbocycles. The molecule has 1 rings (SSSR count). The van der Waals surface area contributed by atoms with Gasteiger partial charge in [-0.15, -0.1) is 0 Å². The van der Waals surface area contributed by atoms with E-state index in [0.717, 1.165) is 0 Å². The molecule has 0 aliphatic heterocycles. The molecule has 0 spiro atoms. The molecule has 0 saturated carbocycles. The van der Waals surface area contributed by atoms with Gasteiger partial charge in [0, 0.05) is 51.4 Å². The van der Waals surface area contributed by atoms with E-state index in [2.05, 4.69) is 31.9 Å². The Hall–Kier alpha value is 1.11. The van der Waals surface area contributed by atoms with E-state index in [1.165, 1.54) is 0 Å². The van der Waals surface area contributed by atoms with E-state index in [1.807, 2.05) is 6.07 Å². The van der Waals surface area contributed by atoms with E-state index < -0.39 is 0 Å². The summed E-state index contributed by atoms with van der Waals surface area (Å²) in [6.07, 6.45) is 0. The van der Waals surface area contributed by atoms with Gasteiger partial charge in [0.2, 0.25) is 0 Å². The van der Waals surface area contributed by atoms with Gasteiger partial charge in [0.1, 0.15) is 5.75 Å². The Bertz CT molecular complexity index is 312. The van der Waals surface area contributed by atoms with Crippen LogP contribution in [0.4, 0.5) is 0 Å². The molecule has 1 radical (unpaired) electrons. The summed E-state index contributed by atoms with van der Waals surface area (Å²) in [5, 5.41) is 17.7. The monoisotopic (exact) mass is 314 g/mol. The van der Waals surface area contributed by atoms with Crippen LogP contribution in [0.25, 0.3) is 0 Å². The predicted molar refractivity (Wildman–Crippen MR) is 54.0 cm³/mol. The molecule has 57 valence electrons. The van der Waals surface area contributed by atoms with Crippen LogP contribution in [-0.4, -0.2) is 56.5 Å². The zero-order chi connectivity index (χ0) is 8.43. The number of phenolic OH excluding ortho intramolecular Hbond substituents is 1. The smallest absolute Gasteiger partial charge is 0.144 e. The number of rotatable bonds is 0. The van der Waals surface area contributed by atoms with Gasteiger partial charge < -0.3 is 5.11 Å². The van der Waals surface area contributed by atoms with Crippen molar-refractivity contribution >= 4 is 83.2 Å². The first-order valence-electron chi connectivity index (χ1n) is 2.73. The molecule has 12 heavy (non-hydrogen) atoms. The SMILES string of the molecule is N#Cc1cc(Br)c(O)c(Br)c1.[K]. The van der Waals surface area contributed by atoms with Crippen LogP contribution < -0.4 is 0 Å². The second kappa shape index (κ2) is 5.76. The Kier molecular flexibility index (Phi) is 6.29. The van der Waals surface area contributed by atoms with Crippen molar-refractivity contribution in [3.8, 4) is 11.8 Å². The minimum atomic E-state index is 0. The maximum absolute atomic E-state index is 9.22. The van der Waals surface area contributed by atoms with Crippen molar-refractivity contribution in [2.75, 3.05) is 0 Å². The summed E-state index contributed by atoms with van der Waals surface area (Å²) in [5.74, 6) is 0.115. The molecule has 0 bridgehead atoms. The number of hydrogen-bond donors (Lipinski definition) is 1. The Morgan fingerprint density at radius 1 is 1.25 bits per heavy atom. The average molecular weight is 316 g/mol. The number of nitrogens with zero attached hydrogens (tertiary/aromatic N) is 1. The van der Waals surface area contributed by atoms with Gasteiger partial charge in [0.25, 0.3) is 0 Å². The van der Waals surface area contributed by atoms with Gasteiger partial charge in [-0.25, -0.2) is 0 Å². The Morgan fingerprint density at radius 3 is 2.00 bits per heavy atom. The van der Waals surface area contributed by atoms with Gasteiger partial charge in [0.15, 0.2) is 0 Å². The maximum Gasteiger partial charge on any atom is 0.144 e. The maximum atomic E-state index is 9.22. The predicted octanol–water partition coefficient (Wildman–Crippen LogP) is 2.41. The van der Waals surface area contributed by atoms with Crippen LogP contribution in [0.5, 0.6) is 5.75 Å². The summed E-state index contributed by atoms with van der Waals surface area (Å²) in [7, 11) is 0. The topological polar surface area (TPSA) is 44.0 Å². The van der Waals surface area contributed by atoms with Crippen molar-refractivity contribution in [1.82, 2.24) is 0 Å². The van der Waals surface area contributed by atoms with Crippen molar-refractivity contribution in [2.24, 2.45) is 0 Å². The minimum Gasteiger partial charge on any atom is -0.506 e. The van der Waals surface area contributed by atoms with Crippen molar-refractivity contribution in [3.63, 3.8) is 0 Å². The van der Waals surface area contributed by atoms with Gasteiger partial charge in [-0.05, 0) is 44.0 Å². The first-order valence-corrected chi connectivity index (χ1v) is 4.32. The first-order chi connectivity index (χ1) is 5.15. The van der Waals surface area contributed by atoms with E-state index in [1.54, 1.807) is 12.1 Å². The molecule has 0 aromatic heterocycles. The number of benzene rings is 1. The van der Waals surface area contributed by atoms with E-state index in [-0.39, 0.29) is 57.1 Å². The molecule has 0 saturated heterocycles. The van der Waals surface area contributed by atoms with Crippen molar-refractivity contribution < 1.29 is 5.11 Å². The van der Waals surface area contributed by atoms with E-state index >= 15 is 0 Å². The quantitative estimate of drug-likeness (QED) is 0.747. The second-order valence-electron chi connectivity index (χ2n) is 1.90. The number of aromatic hydroxyl groups is 1. The average Bonchev–Trinajstić information content (AvgIpc) is 1.99. The largest absolute Gasteiger partial charge is 0.506 e. The summed E-state index contributed by atoms with van der Waals surface area (Å²) < 4.78 is 1.03. The summed E-state index contributed by atoms with van der Waals surface area (Å²) in [5.41, 5.74) is 0.501. The Balaban J connectivity index is 0.00000121. The van der Waals surface area contributed by atoms with Crippen molar-refractivity contribution in [3.05, 3.63) is 26.6 Å². The minimum absolute atomic E-state index is 0. The molecule has 1 aromatic rings. The fourth-order valence-corrected chi connectivity index (χ4v) is 1.82. The zero-order valence-electron chi connectivity index (χ0n) is 6.31. The van der Waals surface area contributed by atoms with E-state index in [4.69, 9.17) is 5.26 Å². The van der Waals surface area contributed by atoms with Gasteiger partial charge in [-0.2, -0.15) is 5.26 Å². The molecule has 2 nitrogen and oxygen atoms in total. The number of phenols is 1. The van der Waals surface area contributed by atoms with E-state index in [9.17, 15) is 5.11 Å². The van der Waals surface area contributed by atoms with Crippen LogP contribution in [-0.2, 0) is 0 Å². The van der Waals surface area contributed by atoms with E-state index in [0.29, 0.717) is 14.5 Å². The molecule has 0 fully saturated rings. The molecule has 0 aliphatic rings. The van der Waals surface area contributed by atoms with Crippen LogP contribution in [0.2, 0.25) is 0 Å². The number of halogens is 2. The summed E-state index contributed by atoms with van der Waals surface area (Å²) in [6.45, 7) is 0. The zero-order valence-corrected chi connectivity index (χ0v) is 12.6. The molecular weight excluding hydrogens is 313 g/mol. The van der Waals surface area contributed by atoms with Crippen LogP contribution >= 0.6 is 31.9 Å². The molecule has 1 N–H and O–H groups in total. The van der Waals surface area contributed by atoms with Gasteiger partial charge in [-0.3, -0.25) is 0 Å².